The third kappa shape index (κ3) is 2.53. The van der Waals surface area contributed by atoms with Crippen LogP contribution in [0.5, 0.6) is 0 Å². The number of nitrogens with two attached hydrogens (primary N) is 1. The predicted octanol–water partition coefficient (Wildman–Crippen LogP) is 0.753. The Morgan fingerprint density at radius 1 is 1.55 bits per heavy atom. The third-order valence-corrected chi connectivity index (χ3v) is 1.88. The third-order valence-electron chi connectivity index (χ3n) is 1.88. The van der Waals surface area contributed by atoms with Gasteiger partial charge in [0.2, 0.25) is 5.91 Å². The van der Waals surface area contributed by atoms with Gasteiger partial charge < -0.3 is 5.73 Å². The fraction of sp³-hybridized carbons (Fsp3) is 0.500. The van der Waals surface area contributed by atoms with E-state index in [1.54, 1.807) is 0 Å². The first-order chi connectivity index (χ1) is 5.00. The second-order valence-corrected chi connectivity index (χ2v) is 2.60. The van der Waals surface area contributed by atoms with E-state index in [1.165, 1.54) is 0 Å². The zero-order valence-corrected chi connectivity index (χ0v) is 7.00. The van der Waals surface area contributed by atoms with Crippen LogP contribution < -0.4 is 5.73 Å². The van der Waals surface area contributed by atoms with Crippen molar-refractivity contribution < 1.29 is 4.79 Å². The highest BCUT2D eigenvalue weighted by Crippen LogP contribution is 2.14. The van der Waals surface area contributed by atoms with Gasteiger partial charge in [-0.1, -0.05) is 13.5 Å². The SMILES string of the molecule is C=NC(C)C(C)C(=C)C(N)=O. The first kappa shape index (κ1) is 9.88. The number of carbonyl (C=O) groups is 1. The summed E-state index contributed by atoms with van der Waals surface area (Å²) >= 11 is 0. The second-order valence-electron chi connectivity index (χ2n) is 2.60. The monoisotopic (exact) mass is 154 g/mol. The molecule has 0 aliphatic heterocycles. The van der Waals surface area contributed by atoms with Crippen LogP contribution in [-0.2, 0) is 4.79 Å². The Labute approximate surface area is 67.0 Å². The maximum absolute atomic E-state index is 10.6. The van der Waals surface area contributed by atoms with E-state index < -0.39 is 5.91 Å². The second kappa shape index (κ2) is 3.91. The largest absolute Gasteiger partial charge is 0.366 e. The molecule has 0 aromatic heterocycles. The van der Waals surface area contributed by atoms with E-state index in [1.807, 2.05) is 13.8 Å². The van der Waals surface area contributed by atoms with Crippen LogP contribution in [-0.4, -0.2) is 18.7 Å². The minimum Gasteiger partial charge on any atom is -0.366 e. The lowest BCUT2D eigenvalue weighted by molar-refractivity contribution is -0.115. The van der Waals surface area contributed by atoms with Crippen LogP contribution in [0.25, 0.3) is 0 Å². The van der Waals surface area contributed by atoms with E-state index in [2.05, 4.69) is 18.3 Å². The molecule has 11 heavy (non-hydrogen) atoms. The first-order valence-electron chi connectivity index (χ1n) is 3.45. The Morgan fingerprint density at radius 2 is 2.00 bits per heavy atom. The maximum Gasteiger partial charge on any atom is 0.244 e. The summed E-state index contributed by atoms with van der Waals surface area (Å²) in [6.45, 7) is 10.7. The van der Waals surface area contributed by atoms with Crippen molar-refractivity contribution in [1.82, 2.24) is 0 Å². The number of nitrogens with zero attached hydrogens (tertiary/aromatic N) is 1. The van der Waals surface area contributed by atoms with E-state index in [4.69, 9.17) is 5.73 Å². The molecular weight excluding hydrogens is 140 g/mol. The zero-order chi connectivity index (χ0) is 9.02. The number of amides is 1. The molecule has 2 N–H and O–H groups in total. The molecule has 0 spiro atoms. The van der Waals surface area contributed by atoms with Gasteiger partial charge in [0.05, 0.1) is 6.04 Å². The van der Waals surface area contributed by atoms with Gasteiger partial charge in [0.1, 0.15) is 0 Å². The van der Waals surface area contributed by atoms with Crippen LogP contribution in [0.3, 0.4) is 0 Å². The highest BCUT2D eigenvalue weighted by atomic mass is 16.1. The maximum atomic E-state index is 10.6. The first-order valence-corrected chi connectivity index (χ1v) is 3.45. The standard InChI is InChI=1S/C8H14N2O/c1-5(7(3)10-4)6(2)8(9)11/h5,7H,2,4H2,1,3H3,(H2,9,11). The molecule has 0 rings (SSSR count). The van der Waals surface area contributed by atoms with Gasteiger partial charge in [-0.05, 0) is 13.6 Å². The number of aliphatic imine (C=N–C) groups is 1. The topological polar surface area (TPSA) is 55.4 Å². The molecule has 0 saturated carbocycles. The van der Waals surface area contributed by atoms with Gasteiger partial charge in [-0.15, -0.1) is 0 Å². The number of primary amides is 1. The average molecular weight is 154 g/mol. The summed E-state index contributed by atoms with van der Waals surface area (Å²) in [5.41, 5.74) is 5.44. The van der Waals surface area contributed by atoms with Crippen molar-refractivity contribution in [2.75, 3.05) is 0 Å². The van der Waals surface area contributed by atoms with Gasteiger partial charge in [-0.2, -0.15) is 0 Å². The molecule has 0 bridgehead atoms. The summed E-state index contributed by atoms with van der Waals surface area (Å²) in [7, 11) is 0. The fourth-order valence-electron chi connectivity index (χ4n) is 0.674. The molecule has 0 aromatic rings. The predicted molar refractivity (Wildman–Crippen MR) is 46.5 cm³/mol. The minimum absolute atomic E-state index is 0.00463. The Bertz CT molecular complexity index is 187. The van der Waals surface area contributed by atoms with Crippen LogP contribution in [0.1, 0.15) is 13.8 Å². The summed E-state index contributed by atoms with van der Waals surface area (Å²) < 4.78 is 0. The van der Waals surface area contributed by atoms with E-state index in [0.29, 0.717) is 5.57 Å². The summed E-state index contributed by atoms with van der Waals surface area (Å²) in [6.07, 6.45) is 0. The molecule has 2 atom stereocenters. The van der Waals surface area contributed by atoms with Crippen LogP contribution >= 0.6 is 0 Å². The Hall–Kier alpha value is -1.12. The molecule has 3 heteroatoms. The van der Waals surface area contributed by atoms with Crippen molar-refractivity contribution in [3.05, 3.63) is 12.2 Å². The highest BCUT2D eigenvalue weighted by Gasteiger charge is 2.16. The quantitative estimate of drug-likeness (QED) is 0.471. The van der Waals surface area contributed by atoms with Crippen molar-refractivity contribution in [3.8, 4) is 0 Å². The van der Waals surface area contributed by atoms with Crippen molar-refractivity contribution in [1.29, 1.82) is 0 Å². The molecule has 3 nitrogen and oxygen atoms in total. The van der Waals surface area contributed by atoms with Crippen LogP contribution in [0.15, 0.2) is 17.1 Å². The average Bonchev–Trinajstić information content (AvgIpc) is 2.00. The van der Waals surface area contributed by atoms with Crippen LogP contribution in [0, 0.1) is 5.92 Å². The molecule has 0 saturated heterocycles. The zero-order valence-electron chi connectivity index (χ0n) is 7.00. The molecule has 0 heterocycles. The molecule has 2 unspecified atom stereocenters. The fourth-order valence-corrected chi connectivity index (χ4v) is 0.674. The van der Waals surface area contributed by atoms with Crippen molar-refractivity contribution in [2.24, 2.45) is 16.6 Å². The number of hydrogen-bond acceptors (Lipinski definition) is 2. The highest BCUT2D eigenvalue weighted by molar-refractivity contribution is 5.91. The van der Waals surface area contributed by atoms with Crippen LogP contribution in [0.2, 0.25) is 0 Å². The summed E-state index contributed by atoms with van der Waals surface area (Å²) in [4.78, 5) is 14.4. The van der Waals surface area contributed by atoms with Gasteiger partial charge >= 0.3 is 0 Å². The van der Waals surface area contributed by atoms with E-state index >= 15 is 0 Å². The van der Waals surface area contributed by atoms with Gasteiger partial charge in [-0.25, -0.2) is 0 Å². The van der Waals surface area contributed by atoms with Crippen molar-refractivity contribution >= 4 is 12.6 Å². The Balaban J connectivity index is 4.24. The molecule has 0 aliphatic carbocycles. The molecular formula is C8H14N2O. The Morgan fingerprint density at radius 3 is 2.27 bits per heavy atom. The molecule has 0 radical (unpaired) electrons. The van der Waals surface area contributed by atoms with Gasteiger partial charge in [0.25, 0.3) is 0 Å². The molecule has 0 fully saturated rings. The summed E-state index contributed by atoms with van der Waals surface area (Å²) in [5, 5.41) is 0. The van der Waals surface area contributed by atoms with E-state index in [-0.39, 0.29) is 12.0 Å². The molecule has 62 valence electrons. The summed E-state index contributed by atoms with van der Waals surface area (Å²) in [5.74, 6) is -0.488. The van der Waals surface area contributed by atoms with Gasteiger partial charge in [-0.3, -0.25) is 9.79 Å². The van der Waals surface area contributed by atoms with E-state index in [0.717, 1.165) is 0 Å². The van der Waals surface area contributed by atoms with Gasteiger partial charge in [0.15, 0.2) is 0 Å². The number of carbonyl (C=O) groups excluding carboxylic acids is 1. The molecule has 0 aromatic carbocycles. The van der Waals surface area contributed by atoms with Crippen LogP contribution in [0.4, 0.5) is 0 Å². The Kier molecular flexibility index (Phi) is 3.51. The van der Waals surface area contributed by atoms with Gasteiger partial charge in [0, 0.05) is 11.5 Å². The number of rotatable bonds is 4. The van der Waals surface area contributed by atoms with Crippen molar-refractivity contribution in [3.63, 3.8) is 0 Å². The lowest BCUT2D eigenvalue weighted by Crippen LogP contribution is -2.23. The molecule has 0 aliphatic rings. The number of hydrogen-bond donors (Lipinski definition) is 1. The normalized spacial score (nSPS) is 15.1. The lowest BCUT2D eigenvalue weighted by atomic mass is 9.95. The smallest absolute Gasteiger partial charge is 0.244 e. The summed E-state index contributed by atoms with van der Waals surface area (Å²) in [6, 6.07) is -0.00463. The van der Waals surface area contributed by atoms with E-state index in [9.17, 15) is 4.79 Å². The van der Waals surface area contributed by atoms with Crippen molar-refractivity contribution in [2.45, 2.75) is 19.9 Å². The minimum atomic E-state index is -0.465. The lowest BCUT2D eigenvalue weighted by Gasteiger charge is -2.15. The molecule has 1 amide bonds.